The molecule has 1 aromatic carbocycles. The zero-order valence-electron chi connectivity index (χ0n) is 14.5. The maximum Gasteiger partial charge on any atom is 0.191 e. The summed E-state index contributed by atoms with van der Waals surface area (Å²) in [7, 11) is 1.89. The monoisotopic (exact) mass is 326 g/mol. The lowest BCUT2D eigenvalue weighted by molar-refractivity contribution is 0.244. The van der Waals surface area contributed by atoms with E-state index < -0.39 is 0 Å². The van der Waals surface area contributed by atoms with E-state index in [1.165, 1.54) is 24.8 Å². The first-order chi connectivity index (χ1) is 11.7. The number of nitrogens with zero attached hydrogens (tertiary/aromatic N) is 4. The molecule has 6 nitrogen and oxygen atoms in total. The van der Waals surface area contributed by atoms with Gasteiger partial charge >= 0.3 is 0 Å². The summed E-state index contributed by atoms with van der Waals surface area (Å²) >= 11 is 0. The van der Waals surface area contributed by atoms with Gasteiger partial charge in [-0.05, 0) is 25.3 Å². The summed E-state index contributed by atoms with van der Waals surface area (Å²) in [6.07, 6.45) is 5.31. The van der Waals surface area contributed by atoms with Gasteiger partial charge in [0.15, 0.2) is 5.96 Å². The second-order valence-electron chi connectivity index (χ2n) is 6.35. The molecule has 1 fully saturated rings. The van der Waals surface area contributed by atoms with Crippen molar-refractivity contribution in [1.82, 2.24) is 25.4 Å². The van der Waals surface area contributed by atoms with E-state index in [0.717, 1.165) is 24.9 Å². The zero-order valence-corrected chi connectivity index (χ0v) is 14.5. The standard InChI is InChI=1S/C18H26N6/c1-3-19-17(20-12-16-22-14-23-24(16)2)21-13-18(10-7-11-18)15-8-5-4-6-9-15/h4-6,8-9,14H,3,7,10-13H2,1-2H3,(H2,19,20,21). The Morgan fingerprint density at radius 3 is 2.62 bits per heavy atom. The van der Waals surface area contributed by atoms with Crippen molar-refractivity contribution in [3.05, 3.63) is 48.0 Å². The fourth-order valence-corrected chi connectivity index (χ4v) is 3.17. The predicted octanol–water partition coefficient (Wildman–Crippen LogP) is 1.99. The first-order valence-electron chi connectivity index (χ1n) is 8.64. The summed E-state index contributed by atoms with van der Waals surface area (Å²) in [6.45, 7) is 4.34. The molecule has 0 amide bonds. The highest BCUT2D eigenvalue weighted by molar-refractivity contribution is 5.79. The van der Waals surface area contributed by atoms with Gasteiger partial charge in [0.1, 0.15) is 18.7 Å². The van der Waals surface area contributed by atoms with E-state index in [9.17, 15) is 0 Å². The third kappa shape index (κ3) is 3.58. The molecule has 0 saturated heterocycles. The molecule has 1 aromatic heterocycles. The summed E-state index contributed by atoms with van der Waals surface area (Å²) in [5.41, 5.74) is 1.66. The Balaban J connectivity index is 1.66. The Morgan fingerprint density at radius 1 is 1.25 bits per heavy atom. The molecule has 2 aromatic rings. The molecule has 1 heterocycles. The Hall–Kier alpha value is -2.37. The molecule has 1 saturated carbocycles. The second-order valence-corrected chi connectivity index (χ2v) is 6.35. The highest BCUT2D eigenvalue weighted by atomic mass is 15.3. The number of nitrogens with one attached hydrogen (secondary N) is 2. The van der Waals surface area contributed by atoms with Gasteiger partial charge in [0.2, 0.25) is 0 Å². The van der Waals surface area contributed by atoms with E-state index in [1.54, 1.807) is 11.0 Å². The van der Waals surface area contributed by atoms with Gasteiger partial charge in [-0.2, -0.15) is 5.10 Å². The molecule has 0 bridgehead atoms. The van der Waals surface area contributed by atoms with Crippen LogP contribution in [0.15, 0.2) is 41.7 Å². The molecule has 0 radical (unpaired) electrons. The number of aliphatic imine (C=N–C) groups is 1. The topological polar surface area (TPSA) is 67.1 Å². The number of hydrogen-bond acceptors (Lipinski definition) is 3. The van der Waals surface area contributed by atoms with E-state index in [-0.39, 0.29) is 5.41 Å². The zero-order chi connectivity index (χ0) is 16.8. The van der Waals surface area contributed by atoms with Gasteiger partial charge in [-0.25, -0.2) is 9.98 Å². The maximum atomic E-state index is 4.64. The third-order valence-electron chi connectivity index (χ3n) is 4.82. The van der Waals surface area contributed by atoms with Crippen molar-refractivity contribution < 1.29 is 0 Å². The summed E-state index contributed by atoms with van der Waals surface area (Å²) in [6, 6.07) is 10.8. The number of guanidine groups is 1. The third-order valence-corrected chi connectivity index (χ3v) is 4.82. The minimum absolute atomic E-state index is 0.238. The first-order valence-corrected chi connectivity index (χ1v) is 8.64. The molecule has 0 aliphatic heterocycles. The lowest BCUT2D eigenvalue weighted by Gasteiger charge is -2.43. The molecule has 2 N–H and O–H groups in total. The van der Waals surface area contributed by atoms with Gasteiger partial charge in [-0.3, -0.25) is 4.68 Å². The van der Waals surface area contributed by atoms with Crippen molar-refractivity contribution in [1.29, 1.82) is 0 Å². The molecular weight excluding hydrogens is 300 g/mol. The summed E-state index contributed by atoms with van der Waals surface area (Å²) in [5.74, 6) is 1.69. The smallest absolute Gasteiger partial charge is 0.191 e. The number of aromatic nitrogens is 3. The number of aryl methyl sites for hydroxylation is 1. The SMILES string of the molecule is CCNC(=NCc1ncnn1C)NCC1(c2ccccc2)CCC1. The quantitative estimate of drug-likeness (QED) is 0.629. The van der Waals surface area contributed by atoms with Crippen LogP contribution in [0.3, 0.4) is 0 Å². The van der Waals surface area contributed by atoms with Gasteiger partial charge in [-0.15, -0.1) is 0 Å². The van der Waals surface area contributed by atoms with Gasteiger partial charge in [0.25, 0.3) is 0 Å². The van der Waals surface area contributed by atoms with Crippen LogP contribution in [0.2, 0.25) is 0 Å². The molecule has 1 aliphatic carbocycles. The molecule has 3 rings (SSSR count). The number of benzene rings is 1. The van der Waals surface area contributed by atoms with Crippen molar-refractivity contribution in [2.75, 3.05) is 13.1 Å². The Bertz CT molecular complexity index is 672. The Kier molecular flexibility index (Phi) is 5.13. The molecule has 0 atom stereocenters. The van der Waals surface area contributed by atoms with Crippen molar-refractivity contribution in [2.45, 2.75) is 38.1 Å². The van der Waals surface area contributed by atoms with E-state index in [4.69, 9.17) is 0 Å². The number of rotatable bonds is 6. The summed E-state index contributed by atoms with van der Waals surface area (Å²) in [4.78, 5) is 8.86. The average molecular weight is 326 g/mol. The fraction of sp³-hybridized carbons (Fsp3) is 0.500. The van der Waals surface area contributed by atoms with E-state index in [2.05, 4.69) is 63.0 Å². The largest absolute Gasteiger partial charge is 0.357 e. The average Bonchev–Trinajstić information content (AvgIpc) is 2.97. The van der Waals surface area contributed by atoms with Crippen LogP contribution in [0, 0.1) is 0 Å². The molecule has 0 spiro atoms. The molecule has 0 unspecified atom stereocenters. The van der Waals surface area contributed by atoms with Gasteiger partial charge < -0.3 is 10.6 Å². The molecule has 1 aliphatic rings. The van der Waals surface area contributed by atoms with Gasteiger partial charge in [0.05, 0.1) is 0 Å². The molecule has 24 heavy (non-hydrogen) atoms. The van der Waals surface area contributed by atoms with E-state index in [0.29, 0.717) is 6.54 Å². The summed E-state index contributed by atoms with van der Waals surface area (Å²) < 4.78 is 1.75. The first kappa shape index (κ1) is 16.5. The highest BCUT2D eigenvalue weighted by Crippen LogP contribution is 2.43. The van der Waals surface area contributed by atoms with Crippen molar-refractivity contribution in [3.63, 3.8) is 0 Å². The molecule has 6 heteroatoms. The normalized spacial score (nSPS) is 16.5. The van der Waals surface area contributed by atoms with Crippen LogP contribution < -0.4 is 10.6 Å². The van der Waals surface area contributed by atoms with Crippen LogP contribution in [0.1, 0.15) is 37.6 Å². The minimum Gasteiger partial charge on any atom is -0.357 e. The maximum absolute atomic E-state index is 4.64. The van der Waals surface area contributed by atoms with E-state index in [1.807, 2.05) is 7.05 Å². The molecule has 128 valence electrons. The summed E-state index contributed by atoms with van der Waals surface area (Å²) in [5, 5.41) is 10.9. The van der Waals surface area contributed by atoms with Crippen LogP contribution in [0.4, 0.5) is 0 Å². The van der Waals surface area contributed by atoms with Crippen LogP contribution in [-0.2, 0) is 19.0 Å². The predicted molar refractivity (Wildman–Crippen MR) is 95.8 cm³/mol. The van der Waals surface area contributed by atoms with Crippen LogP contribution in [0.25, 0.3) is 0 Å². The van der Waals surface area contributed by atoms with Crippen LogP contribution in [-0.4, -0.2) is 33.8 Å². The van der Waals surface area contributed by atoms with Crippen LogP contribution >= 0.6 is 0 Å². The van der Waals surface area contributed by atoms with Gasteiger partial charge in [-0.1, -0.05) is 36.8 Å². The Morgan fingerprint density at radius 2 is 2.04 bits per heavy atom. The highest BCUT2D eigenvalue weighted by Gasteiger charge is 2.38. The van der Waals surface area contributed by atoms with Gasteiger partial charge in [0, 0.05) is 25.6 Å². The lowest BCUT2D eigenvalue weighted by atomic mass is 9.64. The lowest BCUT2D eigenvalue weighted by Crippen LogP contribution is -2.48. The minimum atomic E-state index is 0.238. The fourth-order valence-electron chi connectivity index (χ4n) is 3.17. The Labute approximate surface area is 143 Å². The van der Waals surface area contributed by atoms with Crippen LogP contribution in [0.5, 0.6) is 0 Å². The number of hydrogen-bond donors (Lipinski definition) is 2. The van der Waals surface area contributed by atoms with Crippen molar-refractivity contribution in [2.24, 2.45) is 12.0 Å². The van der Waals surface area contributed by atoms with Crippen molar-refractivity contribution in [3.8, 4) is 0 Å². The molecular formula is C18H26N6. The van der Waals surface area contributed by atoms with Crippen molar-refractivity contribution >= 4 is 5.96 Å². The second kappa shape index (κ2) is 7.47. The van der Waals surface area contributed by atoms with E-state index >= 15 is 0 Å².